The molecule has 0 bridgehead atoms. The number of thiophene rings is 2. The Morgan fingerprint density at radius 3 is 1.35 bits per heavy atom. The van der Waals surface area contributed by atoms with E-state index in [0.717, 1.165) is 0 Å². The highest BCUT2D eigenvalue weighted by Crippen LogP contribution is 2.45. The zero-order valence-corrected chi connectivity index (χ0v) is 22.9. The SMILES string of the molecule is c1cc(-c2cc3cc4cc(-c5ccncc5)c5c6ccsc6ccc5c4cc3c3ccc4sccc4c23)ccn1. The fourth-order valence-electron chi connectivity index (χ4n) is 6.43. The van der Waals surface area contributed by atoms with Gasteiger partial charge in [-0.3, -0.25) is 9.97 Å². The van der Waals surface area contributed by atoms with Gasteiger partial charge < -0.3 is 0 Å². The standard InChI is InChI=1S/C36H20N2S2/c1-3-33-27(9-15-39-33)35-25(1)29-20-30-24(17-23(29)18-31(35)21-5-11-37-12-6-21)19-32(22-7-13-38-14-8-22)36-26(30)2-4-34-28(36)10-16-40-34/h1-20H. The molecule has 0 saturated carbocycles. The normalized spacial score (nSPS) is 12.0. The van der Waals surface area contributed by atoms with E-state index in [2.05, 4.69) is 106 Å². The highest BCUT2D eigenvalue weighted by Gasteiger charge is 2.17. The average molecular weight is 545 g/mol. The maximum absolute atomic E-state index is 4.29. The van der Waals surface area contributed by atoms with Crippen LogP contribution in [0.3, 0.4) is 0 Å². The van der Waals surface area contributed by atoms with Crippen LogP contribution in [-0.4, -0.2) is 9.97 Å². The summed E-state index contributed by atoms with van der Waals surface area (Å²) in [6.07, 6.45) is 7.55. The van der Waals surface area contributed by atoms with Crippen LogP contribution in [-0.2, 0) is 0 Å². The van der Waals surface area contributed by atoms with Crippen LogP contribution in [0.5, 0.6) is 0 Å². The Balaban J connectivity index is 1.48. The van der Waals surface area contributed by atoms with E-state index in [4.69, 9.17) is 0 Å². The summed E-state index contributed by atoms with van der Waals surface area (Å²) in [6, 6.07) is 31.8. The molecule has 5 aromatic carbocycles. The summed E-state index contributed by atoms with van der Waals surface area (Å²) in [5, 5.41) is 17.3. The van der Waals surface area contributed by atoms with Gasteiger partial charge in [0.05, 0.1) is 0 Å². The third-order valence-corrected chi connectivity index (χ3v) is 9.96. The van der Waals surface area contributed by atoms with Crippen molar-refractivity contribution in [1.29, 1.82) is 0 Å². The first kappa shape index (κ1) is 22.2. The minimum absolute atomic E-state index is 1.19. The third kappa shape index (κ3) is 3.15. The first-order valence-corrected chi connectivity index (χ1v) is 15.0. The third-order valence-electron chi connectivity index (χ3n) is 8.19. The zero-order chi connectivity index (χ0) is 26.2. The van der Waals surface area contributed by atoms with Gasteiger partial charge in [0.2, 0.25) is 0 Å². The van der Waals surface area contributed by atoms with E-state index in [9.17, 15) is 0 Å². The van der Waals surface area contributed by atoms with Crippen molar-refractivity contribution in [2.75, 3.05) is 0 Å². The van der Waals surface area contributed by atoms with Gasteiger partial charge in [-0.2, -0.15) is 0 Å². The molecule has 9 rings (SSSR count). The minimum Gasteiger partial charge on any atom is -0.265 e. The summed E-state index contributed by atoms with van der Waals surface area (Å²) in [7, 11) is 0. The average Bonchev–Trinajstić information content (AvgIpc) is 3.70. The van der Waals surface area contributed by atoms with Crippen LogP contribution in [0.2, 0.25) is 0 Å². The number of pyridine rings is 2. The first-order valence-electron chi connectivity index (χ1n) is 13.3. The largest absolute Gasteiger partial charge is 0.265 e. The molecule has 40 heavy (non-hydrogen) atoms. The van der Waals surface area contributed by atoms with Gasteiger partial charge >= 0.3 is 0 Å². The molecule has 0 aliphatic heterocycles. The second-order valence-electron chi connectivity index (χ2n) is 10.3. The molecular formula is C36H20N2S2. The molecule has 0 fully saturated rings. The summed E-state index contributed by atoms with van der Waals surface area (Å²) in [5.74, 6) is 0. The minimum atomic E-state index is 1.19. The van der Waals surface area contributed by atoms with Crippen LogP contribution in [0.1, 0.15) is 0 Å². The highest BCUT2D eigenvalue weighted by atomic mass is 32.1. The number of benzene rings is 5. The Morgan fingerprint density at radius 1 is 0.400 bits per heavy atom. The van der Waals surface area contributed by atoms with Crippen molar-refractivity contribution >= 4 is 85.9 Å². The number of rotatable bonds is 2. The Kier molecular flexibility index (Phi) is 4.68. The van der Waals surface area contributed by atoms with E-state index in [1.807, 2.05) is 24.8 Å². The lowest BCUT2D eigenvalue weighted by Gasteiger charge is -2.16. The number of nitrogens with zero attached hydrogens (tertiary/aromatic N) is 2. The molecule has 0 radical (unpaired) electrons. The van der Waals surface area contributed by atoms with Crippen LogP contribution in [0.4, 0.5) is 0 Å². The van der Waals surface area contributed by atoms with Crippen molar-refractivity contribution in [3.8, 4) is 22.3 Å². The number of hydrogen-bond acceptors (Lipinski definition) is 4. The van der Waals surface area contributed by atoms with Crippen molar-refractivity contribution in [3.63, 3.8) is 0 Å². The van der Waals surface area contributed by atoms with Crippen LogP contribution in [0, 0.1) is 0 Å². The first-order chi connectivity index (χ1) is 19.8. The molecule has 0 amide bonds. The van der Waals surface area contributed by atoms with E-state index >= 15 is 0 Å². The van der Waals surface area contributed by atoms with E-state index in [0.29, 0.717) is 0 Å². The molecular weight excluding hydrogens is 525 g/mol. The van der Waals surface area contributed by atoms with Gasteiger partial charge in [0.15, 0.2) is 0 Å². The van der Waals surface area contributed by atoms with Gasteiger partial charge in [-0.25, -0.2) is 0 Å². The molecule has 2 nitrogen and oxygen atoms in total. The summed E-state index contributed by atoms with van der Waals surface area (Å²) in [4.78, 5) is 8.58. The van der Waals surface area contributed by atoms with Gasteiger partial charge in [0, 0.05) is 45.0 Å². The Hall–Kier alpha value is -4.64. The molecule has 0 spiro atoms. The van der Waals surface area contributed by atoms with E-state index in [-0.39, 0.29) is 0 Å². The quantitative estimate of drug-likeness (QED) is 0.160. The molecule has 0 aliphatic rings. The molecule has 186 valence electrons. The lowest BCUT2D eigenvalue weighted by atomic mass is 9.87. The van der Waals surface area contributed by atoms with Crippen LogP contribution < -0.4 is 0 Å². The number of fused-ring (bicyclic) bond motifs is 10. The van der Waals surface area contributed by atoms with Crippen LogP contribution >= 0.6 is 22.7 Å². The summed E-state index contributed by atoms with van der Waals surface area (Å²) >= 11 is 3.60. The second-order valence-corrected chi connectivity index (χ2v) is 12.2. The van der Waals surface area contributed by atoms with Crippen molar-refractivity contribution in [3.05, 3.63) is 120 Å². The summed E-state index contributed by atoms with van der Waals surface area (Å²) in [5.41, 5.74) is 4.89. The predicted octanol–water partition coefficient (Wildman–Crippen LogP) is 10.9. The van der Waals surface area contributed by atoms with E-state index < -0.39 is 0 Å². The van der Waals surface area contributed by atoms with Crippen LogP contribution in [0.15, 0.2) is 120 Å². The van der Waals surface area contributed by atoms with E-state index in [1.165, 1.54) is 85.5 Å². The predicted molar refractivity (Wildman–Crippen MR) is 174 cm³/mol. The molecule has 4 aromatic heterocycles. The van der Waals surface area contributed by atoms with Gasteiger partial charge in [-0.15, -0.1) is 22.7 Å². The van der Waals surface area contributed by atoms with Crippen molar-refractivity contribution in [2.24, 2.45) is 0 Å². The second kappa shape index (κ2) is 8.43. The fourth-order valence-corrected chi connectivity index (χ4v) is 8.02. The lowest BCUT2D eigenvalue weighted by molar-refractivity contribution is 1.33. The number of aromatic nitrogens is 2. The molecule has 4 heterocycles. The molecule has 0 N–H and O–H groups in total. The van der Waals surface area contributed by atoms with Crippen molar-refractivity contribution in [2.45, 2.75) is 0 Å². The van der Waals surface area contributed by atoms with Crippen molar-refractivity contribution < 1.29 is 0 Å². The molecule has 0 atom stereocenters. The molecule has 0 unspecified atom stereocenters. The molecule has 9 aromatic rings. The summed E-state index contributed by atoms with van der Waals surface area (Å²) < 4.78 is 2.63. The molecule has 0 aliphatic carbocycles. The zero-order valence-electron chi connectivity index (χ0n) is 21.3. The smallest absolute Gasteiger partial charge is 0.0349 e. The lowest BCUT2D eigenvalue weighted by Crippen LogP contribution is -1.89. The Bertz CT molecular complexity index is 2250. The Morgan fingerprint density at radius 2 is 0.875 bits per heavy atom. The summed E-state index contributed by atoms with van der Waals surface area (Å²) in [6.45, 7) is 0. The Labute approximate surface area is 237 Å². The number of hydrogen-bond donors (Lipinski definition) is 0. The van der Waals surface area contributed by atoms with Crippen LogP contribution in [0.25, 0.3) is 85.5 Å². The monoisotopic (exact) mass is 544 g/mol. The molecule has 4 heteroatoms. The fraction of sp³-hybridized carbons (Fsp3) is 0. The maximum Gasteiger partial charge on any atom is 0.0349 e. The van der Waals surface area contributed by atoms with Gasteiger partial charge in [-0.05, 0) is 149 Å². The maximum atomic E-state index is 4.29. The van der Waals surface area contributed by atoms with Gasteiger partial charge in [0.1, 0.15) is 0 Å². The highest BCUT2D eigenvalue weighted by molar-refractivity contribution is 7.17. The topological polar surface area (TPSA) is 25.8 Å². The van der Waals surface area contributed by atoms with Gasteiger partial charge in [-0.1, -0.05) is 12.1 Å². The molecule has 0 saturated heterocycles. The van der Waals surface area contributed by atoms with Crippen molar-refractivity contribution in [1.82, 2.24) is 9.97 Å². The van der Waals surface area contributed by atoms with E-state index in [1.54, 1.807) is 22.7 Å². The van der Waals surface area contributed by atoms with Gasteiger partial charge in [0.25, 0.3) is 0 Å².